The van der Waals surface area contributed by atoms with Crippen LogP contribution in [0.4, 0.5) is 0 Å². The Kier molecular flexibility index (Phi) is 8.94. The van der Waals surface area contributed by atoms with Crippen molar-refractivity contribution >= 4 is 21.2 Å². The summed E-state index contributed by atoms with van der Waals surface area (Å²) >= 11 is -0.896. The van der Waals surface area contributed by atoms with Crippen molar-refractivity contribution in [3.63, 3.8) is 0 Å². The third-order valence-electron chi connectivity index (χ3n) is 3.98. The molecular formula is C15H33NO4S2. The third-order valence-corrected chi connectivity index (χ3v) is 6.70. The Morgan fingerprint density at radius 1 is 1.32 bits per heavy atom. The lowest BCUT2D eigenvalue weighted by Crippen LogP contribution is -2.46. The monoisotopic (exact) mass is 355 g/mol. The Morgan fingerprint density at radius 2 is 1.82 bits per heavy atom. The maximum Gasteiger partial charge on any atom is 0.211 e. The Balaban J connectivity index is 5.21. The largest absolute Gasteiger partial charge is 0.616 e. The van der Waals surface area contributed by atoms with Crippen LogP contribution in [0.25, 0.3) is 0 Å². The van der Waals surface area contributed by atoms with Crippen molar-refractivity contribution in [3.8, 4) is 0 Å². The summed E-state index contributed by atoms with van der Waals surface area (Å²) in [5.41, 5.74) is -0.268. The summed E-state index contributed by atoms with van der Waals surface area (Å²) in [7, 11) is -1.68. The van der Waals surface area contributed by atoms with Gasteiger partial charge in [-0.25, -0.2) is 12.7 Å². The highest BCUT2D eigenvalue weighted by Gasteiger charge is 2.37. The zero-order valence-corrected chi connectivity index (χ0v) is 16.9. The zero-order chi connectivity index (χ0) is 17.7. The molecule has 0 aromatic carbocycles. The minimum absolute atomic E-state index is 0.00411. The fraction of sp³-hybridized carbons (Fsp3) is 1.00. The SMILES string of the molecule is CCC(CC(C)(C)C(CN(C)S(C)(=O)=O)OC(C)C)[S+](C)[O-]. The van der Waals surface area contributed by atoms with E-state index in [1.165, 1.54) is 10.6 Å². The average Bonchev–Trinajstić information content (AvgIpc) is 2.32. The molecule has 0 bridgehead atoms. The molecule has 0 aliphatic heterocycles. The van der Waals surface area contributed by atoms with Crippen molar-refractivity contribution < 1.29 is 17.7 Å². The van der Waals surface area contributed by atoms with Gasteiger partial charge < -0.3 is 9.29 Å². The van der Waals surface area contributed by atoms with E-state index >= 15 is 0 Å². The quantitative estimate of drug-likeness (QED) is 0.564. The van der Waals surface area contributed by atoms with Crippen LogP contribution >= 0.6 is 0 Å². The molecular weight excluding hydrogens is 322 g/mol. The van der Waals surface area contributed by atoms with E-state index in [1.54, 1.807) is 13.3 Å². The van der Waals surface area contributed by atoms with E-state index < -0.39 is 21.2 Å². The van der Waals surface area contributed by atoms with Crippen LogP contribution in [0.3, 0.4) is 0 Å². The molecule has 7 heteroatoms. The molecule has 0 aliphatic carbocycles. The van der Waals surface area contributed by atoms with Crippen molar-refractivity contribution in [2.45, 2.75) is 64.9 Å². The molecule has 0 heterocycles. The summed E-state index contributed by atoms with van der Waals surface area (Å²) in [6, 6.07) is 0. The maximum atomic E-state index is 11.8. The first kappa shape index (κ1) is 22.2. The predicted molar refractivity (Wildman–Crippen MR) is 94.0 cm³/mol. The van der Waals surface area contributed by atoms with Crippen LogP contribution in [0.5, 0.6) is 0 Å². The van der Waals surface area contributed by atoms with Gasteiger partial charge in [-0.1, -0.05) is 31.9 Å². The number of likely N-dealkylation sites (N-methyl/N-ethyl adjacent to an activating group) is 1. The molecule has 0 radical (unpaired) electrons. The summed E-state index contributed by atoms with van der Waals surface area (Å²) in [5.74, 6) is 0. The van der Waals surface area contributed by atoms with Gasteiger partial charge in [0.1, 0.15) is 5.25 Å². The molecule has 0 fully saturated rings. The molecule has 3 atom stereocenters. The van der Waals surface area contributed by atoms with Gasteiger partial charge in [-0.05, 0) is 25.7 Å². The van der Waals surface area contributed by atoms with Crippen LogP contribution in [0.15, 0.2) is 0 Å². The van der Waals surface area contributed by atoms with Crippen LogP contribution in [-0.2, 0) is 25.9 Å². The molecule has 0 aliphatic rings. The summed E-state index contributed by atoms with van der Waals surface area (Å²) in [5, 5.41) is 0.0943. The molecule has 22 heavy (non-hydrogen) atoms. The van der Waals surface area contributed by atoms with Gasteiger partial charge in [0.05, 0.1) is 24.7 Å². The second-order valence-corrected chi connectivity index (χ2v) is 10.7. The van der Waals surface area contributed by atoms with Gasteiger partial charge >= 0.3 is 0 Å². The number of hydrogen-bond acceptors (Lipinski definition) is 4. The van der Waals surface area contributed by atoms with Gasteiger partial charge in [0.2, 0.25) is 10.0 Å². The molecule has 0 aromatic heterocycles. The average molecular weight is 356 g/mol. The second kappa shape index (κ2) is 8.87. The molecule has 0 spiro atoms. The molecule has 0 saturated carbocycles. The first-order chi connectivity index (χ1) is 9.81. The minimum Gasteiger partial charge on any atom is -0.616 e. The maximum absolute atomic E-state index is 11.8. The molecule has 0 saturated heterocycles. The first-order valence-electron chi connectivity index (χ1n) is 7.70. The molecule has 0 N–H and O–H groups in total. The Labute approximate surface area is 140 Å². The summed E-state index contributed by atoms with van der Waals surface area (Å²) in [4.78, 5) is 0. The predicted octanol–water partition coefficient (Wildman–Crippen LogP) is 2.24. The van der Waals surface area contributed by atoms with E-state index in [9.17, 15) is 13.0 Å². The van der Waals surface area contributed by atoms with E-state index in [0.717, 1.165) is 12.8 Å². The topological polar surface area (TPSA) is 69.7 Å². The van der Waals surface area contributed by atoms with E-state index in [0.29, 0.717) is 6.54 Å². The fourth-order valence-electron chi connectivity index (χ4n) is 2.39. The van der Waals surface area contributed by atoms with Crippen molar-refractivity contribution in [2.24, 2.45) is 5.41 Å². The Hall–Kier alpha value is 0.180. The van der Waals surface area contributed by atoms with Crippen molar-refractivity contribution in [3.05, 3.63) is 0 Å². The highest BCUT2D eigenvalue weighted by Crippen LogP contribution is 2.33. The van der Waals surface area contributed by atoms with Gasteiger partial charge in [-0.2, -0.15) is 0 Å². The Morgan fingerprint density at radius 3 is 2.14 bits per heavy atom. The van der Waals surface area contributed by atoms with Crippen molar-refractivity contribution in [2.75, 3.05) is 26.1 Å². The lowest BCUT2D eigenvalue weighted by atomic mass is 9.81. The third kappa shape index (κ3) is 7.64. The number of rotatable bonds is 10. The van der Waals surface area contributed by atoms with Crippen molar-refractivity contribution in [1.82, 2.24) is 4.31 Å². The van der Waals surface area contributed by atoms with Crippen LogP contribution < -0.4 is 0 Å². The molecule has 3 unspecified atom stereocenters. The van der Waals surface area contributed by atoms with Gasteiger partial charge in [-0.3, -0.25) is 0 Å². The van der Waals surface area contributed by atoms with Gasteiger partial charge in [0.15, 0.2) is 0 Å². The molecule has 5 nitrogen and oxygen atoms in total. The molecule has 0 aromatic rings. The summed E-state index contributed by atoms with van der Waals surface area (Å²) in [6.45, 7) is 10.3. The highest BCUT2D eigenvalue weighted by atomic mass is 32.2. The number of nitrogens with zero attached hydrogens (tertiary/aromatic N) is 1. The number of ether oxygens (including phenoxy) is 1. The second-order valence-electron chi connectivity index (χ2n) is 6.94. The Bertz CT molecular complexity index is 421. The van der Waals surface area contributed by atoms with Gasteiger partial charge in [0.25, 0.3) is 0 Å². The summed E-state index contributed by atoms with van der Waals surface area (Å²) < 4.78 is 42.5. The van der Waals surface area contributed by atoms with E-state index in [1.807, 2.05) is 20.8 Å². The highest BCUT2D eigenvalue weighted by molar-refractivity contribution is 7.91. The van der Waals surface area contributed by atoms with Crippen LogP contribution in [0.1, 0.15) is 47.5 Å². The van der Waals surface area contributed by atoms with Gasteiger partial charge in [0, 0.05) is 20.0 Å². The van der Waals surface area contributed by atoms with E-state index in [2.05, 4.69) is 13.8 Å². The molecule has 134 valence electrons. The summed E-state index contributed by atoms with van der Waals surface area (Å²) in [6.07, 6.45) is 4.26. The minimum atomic E-state index is -3.25. The lowest BCUT2D eigenvalue weighted by Gasteiger charge is -2.39. The number of hydrogen-bond donors (Lipinski definition) is 0. The van der Waals surface area contributed by atoms with E-state index in [-0.39, 0.29) is 22.9 Å². The fourth-order valence-corrected chi connectivity index (χ4v) is 3.93. The van der Waals surface area contributed by atoms with Crippen LogP contribution in [-0.4, -0.2) is 60.8 Å². The molecule has 0 rings (SSSR count). The lowest BCUT2D eigenvalue weighted by molar-refractivity contribution is -0.0665. The number of sulfonamides is 1. The van der Waals surface area contributed by atoms with Gasteiger partial charge in [-0.15, -0.1) is 0 Å². The normalized spacial score (nSPS) is 17.8. The zero-order valence-electron chi connectivity index (χ0n) is 15.3. The first-order valence-corrected chi connectivity index (χ1v) is 11.2. The standard InChI is InChI=1S/C15H33NO4S2/c1-9-13(21(7)17)10-15(4,5)14(20-12(2)3)11-16(6)22(8,18)19/h12-14H,9-11H2,1-8H3. The smallest absolute Gasteiger partial charge is 0.211 e. The van der Waals surface area contributed by atoms with Crippen LogP contribution in [0, 0.1) is 5.41 Å². The molecule has 0 amide bonds. The van der Waals surface area contributed by atoms with Crippen molar-refractivity contribution in [1.29, 1.82) is 0 Å². The van der Waals surface area contributed by atoms with Crippen LogP contribution in [0.2, 0.25) is 0 Å². The van der Waals surface area contributed by atoms with E-state index in [4.69, 9.17) is 4.74 Å².